The van der Waals surface area contributed by atoms with E-state index in [1.165, 1.54) is 24.3 Å². The van der Waals surface area contributed by atoms with Crippen LogP contribution in [0.3, 0.4) is 0 Å². The first kappa shape index (κ1) is 16.6. The molecule has 2 aromatic rings. The summed E-state index contributed by atoms with van der Waals surface area (Å²) in [7, 11) is 0. The normalized spacial score (nSPS) is 10.3. The van der Waals surface area contributed by atoms with Crippen molar-refractivity contribution in [3.8, 4) is 11.5 Å². The summed E-state index contributed by atoms with van der Waals surface area (Å²) in [5, 5.41) is 2.03. The van der Waals surface area contributed by atoms with E-state index in [-0.39, 0.29) is 18.3 Å². The number of ketones is 1. The molecule has 23 heavy (non-hydrogen) atoms. The van der Waals surface area contributed by atoms with E-state index in [0.29, 0.717) is 22.1 Å². The maximum atomic E-state index is 11.9. The number of rotatable bonds is 6. The number of nitrogens with zero attached hydrogens (tertiary/aromatic N) is 2. The van der Waals surface area contributed by atoms with Crippen molar-refractivity contribution in [2.24, 2.45) is 22.2 Å². The molecule has 0 unspecified atom stereocenters. The highest BCUT2D eigenvalue weighted by Crippen LogP contribution is 2.31. The Morgan fingerprint density at radius 1 is 1.43 bits per heavy atom. The van der Waals surface area contributed by atoms with E-state index in [2.05, 4.69) is 14.7 Å². The zero-order chi connectivity index (χ0) is 17.0. The number of Topliss-reactive ketones (excluding diaryl/α,β-unsaturated/α-hetero) is 1. The Morgan fingerprint density at radius 3 is 2.78 bits per heavy atom. The van der Waals surface area contributed by atoms with Gasteiger partial charge in [-0.1, -0.05) is 0 Å². The summed E-state index contributed by atoms with van der Waals surface area (Å²) >= 11 is 1.21. The lowest BCUT2D eigenvalue weighted by molar-refractivity contribution is -0.139. The Hall–Kier alpha value is -2.72. The van der Waals surface area contributed by atoms with Crippen molar-refractivity contribution in [3.63, 3.8) is 0 Å². The van der Waals surface area contributed by atoms with E-state index in [1.54, 1.807) is 5.38 Å². The molecule has 122 valence electrons. The van der Waals surface area contributed by atoms with Gasteiger partial charge in [0.2, 0.25) is 10.9 Å². The number of carbonyl (C=O) groups is 2. The number of hydrogen-bond donors (Lipinski definition) is 3. The maximum Gasteiger partial charge on any atom is 0.303 e. The number of ether oxygens (including phenoxy) is 1. The molecule has 0 atom stereocenters. The van der Waals surface area contributed by atoms with Crippen LogP contribution in [0.5, 0.6) is 0 Å². The molecule has 0 amide bonds. The minimum atomic E-state index is -0.550. The highest BCUT2D eigenvalue weighted by atomic mass is 32.1. The first-order chi connectivity index (χ1) is 10.9. The predicted molar refractivity (Wildman–Crippen MR) is 84.1 cm³/mol. The van der Waals surface area contributed by atoms with Crippen LogP contribution in [0.15, 0.2) is 20.9 Å². The molecule has 0 spiro atoms. The number of furan rings is 1. The Morgan fingerprint density at radius 2 is 2.17 bits per heavy atom. The quantitative estimate of drug-likeness (QED) is 0.297. The third-order valence-electron chi connectivity index (χ3n) is 2.66. The zero-order valence-corrected chi connectivity index (χ0v) is 13.1. The Kier molecular flexibility index (Phi) is 5.09. The number of esters is 1. The van der Waals surface area contributed by atoms with Crippen molar-refractivity contribution in [1.82, 2.24) is 4.98 Å². The van der Waals surface area contributed by atoms with Crippen molar-refractivity contribution in [2.45, 2.75) is 13.5 Å². The van der Waals surface area contributed by atoms with Gasteiger partial charge in [-0.05, 0) is 6.07 Å². The van der Waals surface area contributed by atoms with Gasteiger partial charge in [-0.3, -0.25) is 9.59 Å². The number of hydrogen-bond acceptors (Lipinski definition) is 8. The van der Waals surface area contributed by atoms with E-state index in [9.17, 15) is 9.59 Å². The van der Waals surface area contributed by atoms with Crippen LogP contribution in [-0.2, 0) is 16.1 Å². The molecule has 0 radical (unpaired) electrons. The highest BCUT2D eigenvalue weighted by molar-refractivity contribution is 7.13. The molecule has 0 aliphatic carbocycles. The van der Waals surface area contributed by atoms with Crippen LogP contribution in [0.4, 0.5) is 5.13 Å². The minimum absolute atomic E-state index is 0.0399. The molecular formula is C13H15N5O4S. The number of aliphatic imine (C=N–C) groups is 1. The second-order valence-electron chi connectivity index (χ2n) is 4.42. The summed E-state index contributed by atoms with van der Waals surface area (Å²) in [6.07, 6.45) is 0. The number of carbonyl (C=O) groups excluding carboxylic acids is 2. The van der Waals surface area contributed by atoms with Crippen LogP contribution in [0.2, 0.25) is 0 Å². The molecule has 0 aromatic carbocycles. The number of aromatic nitrogens is 1. The lowest BCUT2D eigenvalue weighted by atomic mass is 10.2. The SMILES string of the molecule is CC(=O)OCC(=O)c1cc(CN)c(-c2csc(N=C(N)N)n2)o1. The first-order valence-corrected chi connectivity index (χ1v) is 7.33. The first-order valence-electron chi connectivity index (χ1n) is 6.45. The molecule has 0 saturated carbocycles. The Bertz CT molecular complexity index is 760. The lowest BCUT2D eigenvalue weighted by Gasteiger charge is -1.98. The van der Waals surface area contributed by atoms with Gasteiger partial charge in [0.15, 0.2) is 24.1 Å². The molecule has 0 bridgehead atoms. The fourth-order valence-electron chi connectivity index (χ4n) is 1.70. The van der Waals surface area contributed by atoms with E-state index >= 15 is 0 Å². The van der Waals surface area contributed by atoms with Gasteiger partial charge < -0.3 is 26.4 Å². The molecule has 2 rings (SSSR count). The van der Waals surface area contributed by atoms with Crippen LogP contribution in [0, 0.1) is 0 Å². The second-order valence-corrected chi connectivity index (χ2v) is 5.26. The van der Waals surface area contributed by atoms with Gasteiger partial charge in [-0.25, -0.2) is 4.98 Å². The van der Waals surface area contributed by atoms with Gasteiger partial charge in [0, 0.05) is 24.4 Å². The average molecular weight is 337 g/mol. The van der Waals surface area contributed by atoms with Crippen molar-refractivity contribution < 1.29 is 18.7 Å². The number of nitrogens with two attached hydrogens (primary N) is 3. The zero-order valence-electron chi connectivity index (χ0n) is 12.2. The van der Waals surface area contributed by atoms with Gasteiger partial charge in [0.05, 0.1) is 0 Å². The van der Waals surface area contributed by atoms with E-state index < -0.39 is 18.4 Å². The van der Waals surface area contributed by atoms with Crippen LogP contribution in [0.1, 0.15) is 23.0 Å². The van der Waals surface area contributed by atoms with E-state index in [1.807, 2.05) is 0 Å². The fraction of sp³-hybridized carbons (Fsp3) is 0.231. The summed E-state index contributed by atoms with van der Waals surface area (Å²) < 4.78 is 10.2. The summed E-state index contributed by atoms with van der Waals surface area (Å²) in [5.41, 5.74) is 17.3. The Balaban J connectivity index is 2.28. The van der Waals surface area contributed by atoms with Gasteiger partial charge in [0.25, 0.3) is 0 Å². The molecule has 0 fully saturated rings. The van der Waals surface area contributed by atoms with Gasteiger partial charge >= 0.3 is 5.97 Å². The molecule has 2 heterocycles. The van der Waals surface area contributed by atoms with Gasteiger partial charge in [-0.15, -0.1) is 11.3 Å². The molecule has 2 aromatic heterocycles. The fourth-order valence-corrected chi connectivity index (χ4v) is 2.39. The van der Waals surface area contributed by atoms with Gasteiger partial charge in [0.1, 0.15) is 5.69 Å². The minimum Gasteiger partial charge on any atom is -0.457 e. The summed E-state index contributed by atoms with van der Waals surface area (Å²) in [5.74, 6) is -0.738. The number of thiazole rings is 1. The topological polar surface area (TPSA) is 160 Å². The smallest absolute Gasteiger partial charge is 0.303 e. The summed E-state index contributed by atoms with van der Waals surface area (Å²) in [6.45, 7) is 0.962. The maximum absolute atomic E-state index is 11.9. The lowest BCUT2D eigenvalue weighted by Crippen LogP contribution is -2.21. The summed E-state index contributed by atoms with van der Waals surface area (Å²) in [6, 6.07) is 1.50. The molecular weight excluding hydrogens is 322 g/mol. The molecule has 10 heteroatoms. The molecule has 0 aliphatic heterocycles. The van der Waals surface area contributed by atoms with E-state index in [0.717, 1.165) is 0 Å². The monoisotopic (exact) mass is 337 g/mol. The van der Waals surface area contributed by atoms with Crippen LogP contribution in [-0.4, -0.2) is 29.3 Å². The van der Waals surface area contributed by atoms with Crippen molar-refractivity contribution in [3.05, 3.63) is 22.8 Å². The third-order valence-corrected chi connectivity index (χ3v) is 3.39. The van der Waals surface area contributed by atoms with Crippen LogP contribution >= 0.6 is 11.3 Å². The predicted octanol–water partition coefficient (Wildman–Crippen LogP) is 0.513. The summed E-state index contributed by atoms with van der Waals surface area (Å²) in [4.78, 5) is 30.7. The molecule has 9 nitrogen and oxygen atoms in total. The standard InChI is InChI=1S/C13H15N5O4S/c1-6(19)21-4-9(20)10-2-7(3-14)11(22-10)8-5-23-13(17-8)18-12(15)16/h2,5H,3-4,14H2,1H3,(H4,15,16,17,18). The van der Waals surface area contributed by atoms with E-state index in [4.69, 9.17) is 21.6 Å². The van der Waals surface area contributed by atoms with Crippen molar-refractivity contribution in [2.75, 3.05) is 6.61 Å². The Labute approximate surface area is 135 Å². The molecule has 6 N–H and O–H groups in total. The van der Waals surface area contributed by atoms with Crippen LogP contribution in [0.25, 0.3) is 11.5 Å². The average Bonchev–Trinajstić information content (AvgIpc) is 3.10. The number of guanidine groups is 1. The third kappa shape index (κ3) is 4.14. The van der Waals surface area contributed by atoms with Gasteiger partial charge in [-0.2, -0.15) is 4.99 Å². The molecule has 0 saturated heterocycles. The van der Waals surface area contributed by atoms with Crippen molar-refractivity contribution in [1.29, 1.82) is 0 Å². The highest BCUT2D eigenvalue weighted by Gasteiger charge is 2.20. The largest absolute Gasteiger partial charge is 0.457 e. The van der Waals surface area contributed by atoms with Crippen molar-refractivity contribution >= 4 is 34.2 Å². The van der Waals surface area contributed by atoms with Crippen LogP contribution < -0.4 is 17.2 Å². The second kappa shape index (κ2) is 7.03. The molecule has 0 aliphatic rings.